The van der Waals surface area contributed by atoms with E-state index >= 15 is 0 Å². The van der Waals surface area contributed by atoms with E-state index in [9.17, 15) is 9.59 Å². The molecule has 0 saturated carbocycles. The maximum absolute atomic E-state index is 12.6. The molecule has 7 nitrogen and oxygen atoms in total. The normalized spacial score (nSPS) is 15.1. The van der Waals surface area contributed by atoms with Crippen LogP contribution in [0.1, 0.15) is 16.1 Å². The van der Waals surface area contributed by atoms with Gasteiger partial charge in [0.05, 0.1) is 6.54 Å². The highest BCUT2D eigenvalue weighted by atomic mass is 35.5. The number of anilines is 1. The highest BCUT2D eigenvalue weighted by molar-refractivity contribution is 6.35. The monoisotopic (exact) mass is 396 g/mol. The minimum atomic E-state index is -0.167. The van der Waals surface area contributed by atoms with E-state index in [0.29, 0.717) is 53.4 Å². The molecule has 0 bridgehead atoms. The standard InChI is InChI=1S/C17H18Cl2N4O3/c1-11-6-15(21-26-11)20-16(24)10-22-2-4-23(5-3-22)17(25)12-7-13(18)9-14(19)8-12/h6-9H,2-5,10H2,1H3,(H,20,21,24). The minimum absolute atomic E-state index is 0.114. The van der Waals surface area contributed by atoms with E-state index in [0.717, 1.165) is 0 Å². The maximum Gasteiger partial charge on any atom is 0.254 e. The summed E-state index contributed by atoms with van der Waals surface area (Å²) in [6.45, 7) is 4.25. The largest absolute Gasteiger partial charge is 0.360 e. The van der Waals surface area contributed by atoms with Crippen molar-refractivity contribution in [1.82, 2.24) is 15.0 Å². The summed E-state index contributed by atoms with van der Waals surface area (Å²) in [7, 11) is 0. The molecule has 0 spiro atoms. The van der Waals surface area contributed by atoms with E-state index in [4.69, 9.17) is 27.7 Å². The van der Waals surface area contributed by atoms with E-state index in [1.54, 1.807) is 36.1 Å². The molecule has 138 valence electrons. The second-order valence-corrected chi connectivity index (χ2v) is 6.97. The van der Waals surface area contributed by atoms with Crippen LogP contribution in [0.25, 0.3) is 0 Å². The first kappa shape index (κ1) is 18.7. The Morgan fingerprint density at radius 2 is 1.77 bits per heavy atom. The fourth-order valence-corrected chi connectivity index (χ4v) is 3.31. The zero-order valence-corrected chi connectivity index (χ0v) is 15.7. The molecular weight excluding hydrogens is 379 g/mol. The van der Waals surface area contributed by atoms with E-state index < -0.39 is 0 Å². The van der Waals surface area contributed by atoms with Crippen molar-refractivity contribution in [2.24, 2.45) is 0 Å². The lowest BCUT2D eigenvalue weighted by atomic mass is 10.2. The van der Waals surface area contributed by atoms with Gasteiger partial charge in [-0.15, -0.1) is 0 Å². The summed E-state index contributed by atoms with van der Waals surface area (Å²) < 4.78 is 4.91. The summed E-state index contributed by atoms with van der Waals surface area (Å²) in [5.41, 5.74) is 0.468. The number of carbonyl (C=O) groups is 2. The minimum Gasteiger partial charge on any atom is -0.360 e. The van der Waals surface area contributed by atoms with Crippen LogP contribution in [0.4, 0.5) is 5.82 Å². The fraction of sp³-hybridized carbons (Fsp3) is 0.353. The number of amides is 2. The van der Waals surface area contributed by atoms with Crippen LogP contribution in [0.3, 0.4) is 0 Å². The van der Waals surface area contributed by atoms with Crippen molar-refractivity contribution < 1.29 is 14.1 Å². The van der Waals surface area contributed by atoms with Gasteiger partial charge in [0, 0.05) is 47.9 Å². The summed E-state index contributed by atoms with van der Waals surface area (Å²) >= 11 is 11.9. The molecule has 0 aliphatic carbocycles. The third-order valence-electron chi connectivity index (χ3n) is 4.03. The lowest BCUT2D eigenvalue weighted by molar-refractivity contribution is -0.117. The highest BCUT2D eigenvalue weighted by Gasteiger charge is 2.24. The van der Waals surface area contributed by atoms with Crippen molar-refractivity contribution in [2.75, 3.05) is 38.0 Å². The number of aromatic nitrogens is 1. The molecule has 0 atom stereocenters. The molecule has 26 heavy (non-hydrogen) atoms. The molecule has 1 saturated heterocycles. The van der Waals surface area contributed by atoms with Crippen molar-refractivity contribution in [3.05, 3.63) is 45.6 Å². The van der Waals surface area contributed by atoms with Gasteiger partial charge in [-0.2, -0.15) is 0 Å². The first-order chi connectivity index (χ1) is 12.4. The predicted molar refractivity (Wildman–Crippen MR) is 98.7 cm³/mol. The van der Waals surface area contributed by atoms with Gasteiger partial charge in [0.2, 0.25) is 5.91 Å². The maximum atomic E-state index is 12.6. The van der Waals surface area contributed by atoms with Gasteiger partial charge in [-0.3, -0.25) is 14.5 Å². The molecular formula is C17H18Cl2N4O3. The molecule has 3 rings (SSSR count). The molecule has 2 aromatic rings. The Morgan fingerprint density at radius 1 is 1.12 bits per heavy atom. The summed E-state index contributed by atoms with van der Waals surface area (Å²) in [5.74, 6) is 0.754. The molecule has 1 aliphatic heterocycles. The topological polar surface area (TPSA) is 78.7 Å². The Morgan fingerprint density at radius 3 is 2.35 bits per heavy atom. The quantitative estimate of drug-likeness (QED) is 0.859. The zero-order chi connectivity index (χ0) is 18.7. The molecule has 0 radical (unpaired) electrons. The van der Waals surface area contributed by atoms with Crippen molar-refractivity contribution in [2.45, 2.75) is 6.92 Å². The lowest BCUT2D eigenvalue weighted by Gasteiger charge is -2.34. The van der Waals surface area contributed by atoms with Crippen molar-refractivity contribution in [1.29, 1.82) is 0 Å². The average molecular weight is 397 g/mol. The number of carbonyl (C=O) groups excluding carboxylic acids is 2. The van der Waals surface area contributed by atoms with Crippen LogP contribution in [0.5, 0.6) is 0 Å². The third kappa shape index (κ3) is 4.75. The lowest BCUT2D eigenvalue weighted by Crippen LogP contribution is -2.50. The van der Waals surface area contributed by atoms with Gasteiger partial charge in [0.1, 0.15) is 5.76 Å². The molecule has 9 heteroatoms. The molecule has 2 heterocycles. The van der Waals surface area contributed by atoms with Crippen LogP contribution in [0, 0.1) is 6.92 Å². The van der Waals surface area contributed by atoms with Crippen LogP contribution in [-0.2, 0) is 4.79 Å². The number of aryl methyl sites for hydroxylation is 1. The van der Waals surface area contributed by atoms with Crippen LogP contribution in [-0.4, -0.2) is 59.5 Å². The summed E-state index contributed by atoms with van der Waals surface area (Å²) in [6, 6.07) is 6.46. The van der Waals surface area contributed by atoms with E-state index in [2.05, 4.69) is 10.5 Å². The first-order valence-corrected chi connectivity index (χ1v) is 8.87. The van der Waals surface area contributed by atoms with Gasteiger partial charge in [-0.25, -0.2) is 0 Å². The molecule has 1 N–H and O–H groups in total. The highest BCUT2D eigenvalue weighted by Crippen LogP contribution is 2.20. The summed E-state index contributed by atoms with van der Waals surface area (Å²) in [6.07, 6.45) is 0. The number of hydrogen-bond donors (Lipinski definition) is 1. The smallest absolute Gasteiger partial charge is 0.254 e. The number of nitrogens with zero attached hydrogens (tertiary/aromatic N) is 3. The van der Waals surface area contributed by atoms with Gasteiger partial charge in [-0.05, 0) is 25.1 Å². The van der Waals surface area contributed by atoms with Gasteiger partial charge < -0.3 is 14.7 Å². The summed E-state index contributed by atoms with van der Waals surface area (Å²) in [4.78, 5) is 28.3. The van der Waals surface area contributed by atoms with Crippen molar-refractivity contribution >= 4 is 40.8 Å². The Labute approximate surface area is 160 Å². The van der Waals surface area contributed by atoms with Crippen LogP contribution >= 0.6 is 23.2 Å². The fourth-order valence-electron chi connectivity index (χ4n) is 2.78. The number of halogens is 2. The van der Waals surface area contributed by atoms with E-state index in [1.165, 1.54) is 0 Å². The second-order valence-electron chi connectivity index (χ2n) is 6.10. The average Bonchev–Trinajstić information content (AvgIpc) is 2.98. The number of rotatable bonds is 4. The Kier molecular flexibility index (Phi) is 5.80. The number of hydrogen-bond acceptors (Lipinski definition) is 5. The van der Waals surface area contributed by atoms with Crippen molar-refractivity contribution in [3.8, 4) is 0 Å². The number of nitrogens with one attached hydrogen (secondary N) is 1. The predicted octanol–water partition coefficient (Wildman–Crippen LogP) is 2.69. The molecule has 1 aromatic carbocycles. The molecule has 1 fully saturated rings. The molecule has 2 amide bonds. The Bertz CT molecular complexity index is 796. The Hall–Kier alpha value is -2.09. The van der Waals surface area contributed by atoms with Gasteiger partial charge >= 0.3 is 0 Å². The van der Waals surface area contributed by atoms with Gasteiger partial charge in [-0.1, -0.05) is 28.4 Å². The van der Waals surface area contributed by atoms with Gasteiger partial charge in [0.25, 0.3) is 5.91 Å². The molecule has 1 aromatic heterocycles. The number of benzene rings is 1. The van der Waals surface area contributed by atoms with E-state index in [-0.39, 0.29) is 18.4 Å². The van der Waals surface area contributed by atoms with Crippen LogP contribution < -0.4 is 5.32 Å². The molecule has 1 aliphatic rings. The molecule has 0 unspecified atom stereocenters. The van der Waals surface area contributed by atoms with Crippen molar-refractivity contribution in [3.63, 3.8) is 0 Å². The van der Waals surface area contributed by atoms with Crippen LogP contribution in [0.15, 0.2) is 28.8 Å². The first-order valence-electron chi connectivity index (χ1n) is 8.11. The van der Waals surface area contributed by atoms with E-state index in [1.807, 2.05) is 4.90 Å². The Balaban J connectivity index is 1.50. The summed E-state index contributed by atoms with van der Waals surface area (Å²) in [5, 5.41) is 7.28. The van der Waals surface area contributed by atoms with Gasteiger partial charge in [0.15, 0.2) is 5.82 Å². The number of piperazine rings is 1. The third-order valence-corrected chi connectivity index (χ3v) is 4.47. The second kappa shape index (κ2) is 8.07. The SMILES string of the molecule is Cc1cc(NC(=O)CN2CCN(C(=O)c3cc(Cl)cc(Cl)c3)CC2)no1. The van der Waals surface area contributed by atoms with Crippen LogP contribution in [0.2, 0.25) is 10.0 Å². The zero-order valence-electron chi connectivity index (χ0n) is 14.2.